The number of piperidine rings is 1. The zero-order chi connectivity index (χ0) is 20.6. The molecule has 3 rings (SSSR count). The molecule has 0 spiro atoms. The molecular weight excluding hydrogens is 369 g/mol. The van der Waals surface area contributed by atoms with E-state index >= 15 is 0 Å². The molecule has 1 fully saturated rings. The van der Waals surface area contributed by atoms with Gasteiger partial charge in [-0.1, -0.05) is 30.3 Å². The van der Waals surface area contributed by atoms with Crippen LogP contribution in [0.3, 0.4) is 0 Å². The molecule has 1 saturated heterocycles. The van der Waals surface area contributed by atoms with Gasteiger partial charge in [-0.25, -0.2) is 4.39 Å². The smallest absolute Gasteiger partial charge is 0.237 e. The number of carbonyl (C=O) groups is 2. The molecule has 0 saturated carbocycles. The van der Waals surface area contributed by atoms with Gasteiger partial charge in [0, 0.05) is 25.3 Å². The predicted molar refractivity (Wildman–Crippen MR) is 112 cm³/mol. The average Bonchev–Trinajstić information content (AvgIpc) is 2.73. The first kappa shape index (κ1) is 21.0. The van der Waals surface area contributed by atoms with Crippen LogP contribution in [0.1, 0.15) is 25.3 Å². The molecule has 1 unspecified atom stereocenters. The van der Waals surface area contributed by atoms with Crippen LogP contribution in [0.25, 0.3) is 0 Å². The molecule has 1 atom stereocenters. The number of carbonyl (C=O) groups excluding carboxylic acids is 2. The zero-order valence-corrected chi connectivity index (χ0v) is 16.8. The monoisotopic (exact) mass is 397 g/mol. The van der Waals surface area contributed by atoms with Crippen LogP contribution in [0.4, 0.5) is 10.1 Å². The first-order chi connectivity index (χ1) is 14.0. The fourth-order valence-electron chi connectivity index (χ4n) is 3.70. The van der Waals surface area contributed by atoms with Crippen LogP contribution < -0.4 is 5.32 Å². The van der Waals surface area contributed by atoms with Gasteiger partial charge in [0.15, 0.2) is 0 Å². The quantitative estimate of drug-likeness (QED) is 0.778. The summed E-state index contributed by atoms with van der Waals surface area (Å²) in [6, 6.07) is 15.8. The molecule has 29 heavy (non-hydrogen) atoms. The lowest BCUT2D eigenvalue weighted by Gasteiger charge is -2.33. The number of anilines is 1. The molecule has 5 nitrogen and oxygen atoms in total. The summed E-state index contributed by atoms with van der Waals surface area (Å²) in [6.45, 7) is 4.52. The fourth-order valence-corrected chi connectivity index (χ4v) is 3.70. The highest BCUT2D eigenvalue weighted by atomic mass is 19.1. The minimum Gasteiger partial charge on any atom is -0.338 e. The Bertz CT molecular complexity index is 828. The third-order valence-electron chi connectivity index (χ3n) is 5.27. The maximum Gasteiger partial charge on any atom is 0.237 e. The molecule has 2 amide bonds. The Labute approximate surface area is 171 Å². The lowest BCUT2D eigenvalue weighted by molar-refractivity contribution is -0.134. The number of nitrogens with one attached hydrogen (secondary N) is 1. The molecule has 1 aliphatic rings. The second-order valence-corrected chi connectivity index (χ2v) is 7.47. The van der Waals surface area contributed by atoms with Crippen molar-refractivity contribution in [3.05, 3.63) is 66.0 Å². The SMILES string of the molecule is CCN(Cc1cccc(F)c1)C(=O)CN1CCCC(C(=O)Nc2ccccc2)C1. The lowest BCUT2D eigenvalue weighted by atomic mass is 9.97. The second kappa shape index (κ2) is 10.2. The first-order valence-electron chi connectivity index (χ1n) is 10.2. The van der Waals surface area contributed by atoms with Gasteiger partial charge < -0.3 is 10.2 Å². The van der Waals surface area contributed by atoms with Crippen LogP contribution in [0.5, 0.6) is 0 Å². The molecule has 0 aliphatic carbocycles. The minimum atomic E-state index is -0.297. The molecule has 0 radical (unpaired) electrons. The van der Waals surface area contributed by atoms with E-state index in [4.69, 9.17) is 0 Å². The Hall–Kier alpha value is -2.73. The summed E-state index contributed by atoms with van der Waals surface area (Å²) in [5.74, 6) is -0.425. The van der Waals surface area contributed by atoms with Gasteiger partial charge in [-0.2, -0.15) is 0 Å². The van der Waals surface area contributed by atoms with Crippen molar-refractivity contribution in [1.29, 1.82) is 0 Å². The van der Waals surface area contributed by atoms with Gasteiger partial charge in [-0.3, -0.25) is 14.5 Å². The molecule has 1 N–H and O–H groups in total. The standard InChI is InChI=1S/C23H28FN3O2/c1-2-27(15-18-8-6-10-20(24)14-18)22(28)17-26-13-7-9-19(16-26)23(29)25-21-11-4-3-5-12-21/h3-6,8,10-12,14,19H,2,7,9,13,15-17H2,1H3,(H,25,29). The number of rotatable bonds is 7. The Morgan fingerprint density at radius 1 is 1.17 bits per heavy atom. The number of nitrogens with zero attached hydrogens (tertiary/aromatic N) is 2. The van der Waals surface area contributed by atoms with E-state index in [-0.39, 0.29) is 30.1 Å². The minimum absolute atomic E-state index is 0.000424. The van der Waals surface area contributed by atoms with Crippen molar-refractivity contribution in [2.45, 2.75) is 26.3 Å². The highest BCUT2D eigenvalue weighted by Gasteiger charge is 2.27. The Morgan fingerprint density at radius 3 is 2.69 bits per heavy atom. The summed E-state index contributed by atoms with van der Waals surface area (Å²) in [6.07, 6.45) is 1.71. The Kier molecular flexibility index (Phi) is 7.36. The van der Waals surface area contributed by atoms with Gasteiger partial charge in [0.2, 0.25) is 11.8 Å². The third kappa shape index (κ3) is 6.12. The topological polar surface area (TPSA) is 52.7 Å². The number of likely N-dealkylation sites (tertiary alicyclic amines) is 1. The molecule has 1 heterocycles. The molecule has 1 aliphatic heterocycles. The van der Waals surface area contributed by atoms with Crippen LogP contribution in [-0.2, 0) is 16.1 Å². The average molecular weight is 397 g/mol. The Balaban J connectivity index is 1.54. The highest BCUT2D eigenvalue weighted by Crippen LogP contribution is 2.19. The van der Waals surface area contributed by atoms with Crippen LogP contribution >= 0.6 is 0 Å². The summed E-state index contributed by atoms with van der Waals surface area (Å²) in [5, 5.41) is 2.96. The lowest BCUT2D eigenvalue weighted by Crippen LogP contribution is -2.46. The fraction of sp³-hybridized carbons (Fsp3) is 0.391. The highest BCUT2D eigenvalue weighted by molar-refractivity contribution is 5.92. The van der Waals surface area contributed by atoms with Crippen molar-refractivity contribution in [2.75, 3.05) is 31.5 Å². The normalized spacial score (nSPS) is 17.0. The van der Waals surface area contributed by atoms with Crippen molar-refractivity contribution in [1.82, 2.24) is 9.80 Å². The zero-order valence-electron chi connectivity index (χ0n) is 16.8. The van der Waals surface area contributed by atoms with Crippen molar-refractivity contribution in [3.8, 4) is 0 Å². The number of hydrogen-bond acceptors (Lipinski definition) is 3. The van der Waals surface area contributed by atoms with Crippen LogP contribution in [0.2, 0.25) is 0 Å². The third-order valence-corrected chi connectivity index (χ3v) is 5.27. The molecular formula is C23H28FN3O2. The molecule has 2 aromatic carbocycles. The van der Waals surface area contributed by atoms with Crippen molar-refractivity contribution in [3.63, 3.8) is 0 Å². The number of para-hydroxylation sites is 1. The van der Waals surface area contributed by atoms with E-state index in [1.807, 2.05) is 43.3 Å². The number of amides is 2. The van der Waals surface area contributed by atoms with Gasteiger partial charge >= 0.3 is 0 Å². The number of likely N-dealkylation sites (N-methyl/N-ethyl adjacent to an activating group) is 1. The maximum atomic E-state index is 13.4. The first-order valence-corrected chi connectivity index (χ1v) is 10.2. The van der Waals surface area contributed by atoms with Crippen LogP contribution in [0.15, 0.2) is 54.6 Å². The predicted octanol–water partition coefficient (Wildman–Crippen LogP) is 3.52. The van der Waals surface area contributed by atoms with Crippen LogP contribution in [0, 0.1) is 11.7 Å². The number of halogens is 1. The van der Waals surface area contributed by atoms with Gasteiger partial charge in [0.1, 0.15) is 5.82 Å². The second-order valence-electron chi connectivity index (χ2n) is 7.47. The molecule has 0 aromatic heterocycles. The summed E-state index contributed by atoms with van der Waals surface area (Å²) in [4.78, 5) is 29.2. The summed E-state index contributed by atoms with van der Waals surface area (Å²) in [5.41, 5.74) is 1.57. The van der Waals surface area contributed by atoms with E-state index in [9.17, 15) is 14.0 Å². The summed E-state index contributed by atoms with van der Waals surface area (Å²) >= 11 is 0. The van der Waals surface area contributed by atoms with Gasteiger partial charge in [-0.05, 0) is 56.1 Å². The van der Waals surface area contributed by atoms with E-state index in [0.29, 0.717) is 19.6 Å². The largest absolute Gasteiger partial charge is 0.338 e. The summed E-state index contributed by atoms with van der Waals surface area (Å²) < 4.78 is 13.4. The van der Waals surface area contributed by atoms with Gasteiger partial charge in [0.25, 0.3) is 0 Å². The van der Waals surface area contributed by atoms with Crippen molar-refractivity contribution in [2.24, 2.45) is 5.92 Å². The van der Waals surface area contributed by atoms with E-state index < -0.39 is 0 Å². The van der Waals surface area contributed by atoms with E-state index in [1.165, 1.54) is 12.1 Å². The van der Waals surface area contributed by atoms with Crippen molar-refractivity contribution < 1.29 is 14.0 Å². The maximum absolute atomic E-state index is 13.4. The van der Waals surface area contributed by atoms with Crippen LogP contribution in [-0.4, -0.2) is 47.8 Å². The summed E-state index contributed by atoms with van der Waals surface area (Å²) in [7, 11) is 0. The molecule has 154 valence electrons. The van der Waals surface area contributed by atoms with Gasteiger partial charge in [0.05, 0.1) is 12.5 Å². The molecule has 2 aromatic rings. The van der Waals surface area contributed by atoms with E-state index in [1.54, 1.807) is 11.0 Å². The number of hydrogen-bond donors (Lipinski definition) is 1. The molecule has 6 heteroatoms. The van der Waals surface area contributed by atoms with Gasteiger partial charge in [-0.15, -0.1) is 0 Å². The number of benzene rings is 2. The molecule has 0 bridgehead atoms. The van der Waals surface area contributed by atoms with Crippen molar-refractivity contribution >= 4 is 17.5 Å². The Morgan fingerprint density at radius 2 is 1.97 bits per heavy atom. The van der Waals surface area contributed by atoms with E-state index in [0.717, 1.165) is 30.6 Å². The van der Waals surface area contributed by atoms with E-state index in [2.05, 4.69) is 10.2 Å².